The van der Waals surface area contributed by atoms with Crippen LogP contribution >= 0.6 is 0 Å². The van der Waals surface area contributed by atoms with Crippen molar-refractivity contribution in [1.29, 1.82) is 0 Å². The third-order valence-corrected chi connectivity index (χ3v) is 3.81. The molecule has 0 atom stereocenters. The zero-order valence-electron chi connectivity index (χ0n) is 14.5. The lowest BCUT2D eigenvalue weighted by molar-refractivity contribution is 0.0945. The maximum atomic E-state index is 12.1. The number of carbonyl (C=O) groups excluding carboxylic acids is 1. The molecule has 0 aliphatic heterocycles. The van der Waals surface area contributed by atoms with Crippen LogP contribution in [0.4, 0.5) is 5.82 Å². The largest absolute Gasteiger partial charge is 0.497 e. The normalized spacial score (nSPS) is 10.2. The molecule has 0 bridgehead atoms. The zero-order chi connectivity index (χ0) is 18.2. The van der Waals surface area contributed by atoms with Crippen molar-refractivity contribution in [3.63, 3.8) is 0 Å². The smallest absolute Gasteiger partial charge is 0.271 e. The molecule has 0 fully saturated rings. The molecule has 1 amide bonds. The number of hydrogen-bond acceptors (Lipinski definition) is 5. The van der Waals surface area contributed by atoms with Crippen LogP contribution in [-0.4, -0.2) is 23.0 Å². The number of nitrogens with zero attached hydrogens (tertiary/aromatic N) is 2. The number of carbonyl (C=O) groups is 1. The van der Waals surface area contributed by atoms with Gasteiger partial charge in [-0.05, 0) is 23.3 Å². The van der Waals surface area contributed by atoms with Crippen LogP contribution in [0.5, 0.6) is 5.75 Å². The summed E-state index contributed by atoms with van der Waals surface area (Å²) in [4.78, 5) is 20.5. The summed E-state index contributed by atoms with van der Waals surface area (Å²) in [6.45, 7) is 1.07. The average molecular weight is 348 g/mol. The Morgan fingerprint density at radius 3 is 2.31 bits per heavy atom. The van der Waals surface area contributed by atoms with Gasteiger partial charge in [-0.3, -0.25) is 4.79 Å². The summed E-state index contributed by atoms with van der Waals surface area (Å²) in [6, 6.07) is 17.5. The van der Waals surface area contributed by atoms with Gasteiger partial charge in [0.05, 0.1) is 19.5 Å². The van der Waals surface area contributed by atoms with Gasteiger partial charge >= 0.3 is 0 Å². The van der Waals surface area contributed by atoms with Crippen molar-refractivity contribution in [2.24, 2.45) is 0 Å². The molecular weight excluding hydrogens is 328 g/mol. The van der Waals surface area contributed by atoms with Gasteiger partial charge in [0.1, 0.15) is 17.3 Å². The number of benzene rings is 2. The number of methoxy groups -OCH3 is 1. The van der Waals surface area contributed by atoms with Gasteiger partial charge in [-0.2, -0.15) is 0 Å². The number of hydrogen-bond donors (Lipinski definition) is 2. The van der Waals surface area contributed by atoms with Crippen molar-refractivity contribution in [1.82, 2.24) is 15.3 Å². The molecule has 1 heterocycles. The lowest BCUT2D eigenvalue weighted by Gasteiger charge is -2.08. The predicted molar refractivity (Wildman–Crippen MR) is 100.0 cm³/mol. The Morgan fingerprint density at radius 1 is 0.923 bits per heavy atom. The Kier molecular flexibility index (Phi) is 5.77. The first-order valence-electron chi connectivity index (χ1n) is 8.25. The Hall–Kier alpha value is -3.41. The lowest BCUT2D eigenvalue weighted by Crippen LogP contribution is -2.24. The summed E-state index contributed by atoms with van der Waals surface area (Å²) in [5.74, 6) is 1.18. The van der Waals surface area contributed by atoms with Crippen LogP contribution in [0.1, 0.15) is 21.6 Å². The van der Waals surface area contributed by atoms with E-state index in [-0.39, 0.29) is 11.6 Å². The second-order valence-electron chi connectivity index (χ2n) is 5.66. The standard InChI is InChI=1S/C20H20N4O2/c1-26-17-9-7-16(8-10-17)11-22-19-14-21-18(13-23-19)20(25)24-12-15-5-3-2-4-6-15/h2-10,13-14H,11-12H2,1H3,(H,22,23)(H,24,25). The van der Waals surface area contributed by atoms with Gasteiger partial charge in [0.15, 0.2) is 0 Å². The van der Waals surface area contributed by atoms with Crippen LogP contribution < -0.4 is 15.4 Å². The van der Waals surface area contributed by atoms with Gasteiger partial charge in [0.25, 0.3) is 5.91 Å². The van der Waals surface area contributed by atoms with E-state index in [4.69, 9.17) is 4.74 Å². The summed E-state index contributed by atoms with van der Waals surface area (Å²) in [5.41, 5.74) is 2.42. The first kappa shape index (κ1) is 17.4. The third-order valence-electron chi connectivity index (χ3n) is 3.81. The monoisotopic (exact) mass is 348 g/mol. The van der Waals surface area contributed by atoms with E-state index in [1.807, 2.05) is 54.6 Å². The molecule has 6 nitrogen and oxygen atoms in total. The van der Waals surface area contributed by atoms with E-state index >= 15 is 0 Å². The van der Waals surface area contributed by atoms with Gasteiger partial charge in [-0.1, -0.05) is 42.5 Å². The van der Waals surface area contributed by atoms with Crippen LogP contribution in [0.15, 0.2) is 67.0 Å². The highest BCUT2D eigenvalue weighted by Gasteiger charge is 2.07. The van der Waals surface area contributed by atoms with Gasteiger partial charge < -0.3 is 15.4 Å². The number of aromatic nitrogens is 2. The van der Waals surface area contributed by atoms with Crippen molar-refractivity contribution >= 4 is 11.7 Å². The van der Waals surface area contributed by atoms with E-state index in [9.17, 15) is 4.79 Å². The second kappa shape index (κ2) is 8.62. The molecule has 0 saturated heterocycles. The van der Waals surface area contributed by atoms with Crippen molar-refractivity contribution in [3.05, 3.63) is 83.8 Å². The molecule has 132 valence electrons. The average Bonchev–Trinajstić information content (AvgIpc) is 2.72. The lowest BCUT2D eigenvalue weighted by atomic mass is 10.2. The summed E-state index contributed by atoms with van der Waals surface area (Å²) >= 11 is 0. The maximum absolute atomic E-state index is 12.1. The van der Waals surface area contributed by atoms with Crippen molar-refractivity contribution in [2.45, 2.75) is 13.1 Å². The number of ether oxygens (including phenoxy) is 1. The first-order valence-corrected chi connectivity index (χ1v) is 8.25. The Balaban J connectivity index is 1.51. The molecule has 0 radical (unpaired) electrons. The van der Waals surface area contributed by atoms with Gasteiger partial charge in [-0.15, -0.1) is 0 Å². The summed E-state index contributed by atoms with van der Waals surface area (Å²) in [7, 11) is 1.64. The molecule has 0 aliphatic rings. The fourth-order valence-electron chi connectivity index (χ4n) is 2.34. The van der Waals surface area contributed by atoms with Crippen LogP contribution in [-0.2, 0) is 13.1 Å². The van der Waals surface area contributed by atoms with Crippen LogP contribution in [0, 0.1) is 0 Å². The van der Waals surface area contributed by atoms with Crippen LogP contribution in [0.25, 0.3) is 0 Å². The van der Waals surface area contributed by atoms with Crippen molar-refractivity contribution in [3.8, 4) is 5.75 Å². The van der Waals surface area contributed by atoms with Crippen LogP contribution in [0.2, 0.25) is 0 Å². The van der Waals surface area contributed by atoms with E-state index in [1.165, 1.54) is 6.20 Å². The van der Waals surface area contributed by atoms with Crippen molar-refractivity contribution in [2.75, 3.05) is 12.4 Å². The fraction of sp³-hybridized carbons (Fsp3) is 0.150. The van der Waals surface area contributed by atoms with Gasteiger partial charge in [0, 0.05) is 13.1 Å². The van der Waals surface area contributed by atoms with E-state index in [2.05, 4.69) is 20.6 Å². The topological polar surface area (TPSA) is 76.1 Å². The number of nitrogens with one attached hydrogen (secondary N) is 2. The third kappa shape index (κ3) is 4.80. The van der Waals surface area contributed by atoms with E-state index < -0.39 is 0 Å². The van der Waals surface area contributed by atoms with Crippen molar-refractivity contribution < 1.29 is 9.53 Å². The minimum absolute atomic E-state index is 0.247. The summed E-state index contributed by atoms with van der Waals surface area (Å²) < 4.78 is 5.13. The number of amides is 1. The molecular formula is C20H20N4O2. The highest BCUT2D eigenvalue weighted by atomic mass is 16.5. The summed E-state index contributed by atoms with van der Waals surface area (Å²) in [5, 5.41) is 6.01. The zero-order valence-corrected chi connectivity index (χ0v) is 14.5. The molecule has 26 heavy (non-hydrogen) atoms. The van der Waals surface area contributed by atoms with Crippen LogP contribution in [0.3, 0.4) is 0 Å². The highest BCUT2D eigenvalue weighted by molar-refractivity contribution is 5.91. The van der Waals surface area contributed by atoms with E-state index in [1.54, 1.807) is 13.3 Å². The maximum Gasteiger partial charge on any atom is 0.271 e. The van der Waals surface area contributed by atoms with Gasteiger partial charge in [-0.25, -0.2) is 9.97 Å². The minimum Gasteiger partial charge on any atom is -0.497 e. The molecule has 1 aromatic heterocycles. The number of rotatable bonds is 7. The van der Waals surface area contributed by atoms with E-state index in [0.717, 1.165) is 16.9 Å². The summed E-state index contributed by atoms with van der Waals surface area (Å²) in [6.07, 6.45) is 3.03. The molecule has 2 N–H and O–H groups in total. The molecule has 2 aromatic carbocycles. The first-order chi connectivity index (χ1) is 12.7. The SMILES string of the molecule is COc1ccc(CNc2cnc(C(=O)NCc3ccccc3)cn2)cc1. The predicted octanol–water partition coefficient (Wildman–Crippen LogP) is 3.03. The molecule has 6 heteroatoms. The quantitative estimate of drug-likeness (QED) is 0.686. The Labute approximate surface area is 152 Å². The molecule has 0 aliphatic carbocycles. The molecule has 0 spiro atoms. The minimum atomic E-state index is -0.247. The molecule has 0 unspecified atom stereocenters. The van der Waals surface area contributed by atoms with E-state index in [0.29, 0.717) is 18.9 Å². The second-order valence-corrected chi connectivity index (χ2v) is 5.66. The molecule has 0 saturated carbocycles. The highest BCUT2D eigenvalue weighted by Crippen LogP contribution is 2.12. The number of anilines is 1. The van der Waals surface area contributed by atoms with Gasteiger partial charge in [0.2, 0.25) is 0 Å². The molecule has 3 aromatic rings. The Bertz CT molecular complexity index is 834. The molecule has 3 rings (SSSR count). The Morgan fingerprint density at radius 2 is 1.65 bits per heavy atom. The fourth-order valence-corrected chi connectivity index (χ4v) is 2.34.